The Hall–Kier alpha value is -4.03. The van der Waals surface area contributed by atoms with Crippen LogP contribution in [-0.2, 0) is 22.7 Å². The highest BCUT2D eigenvalue weighted by atomic mass is 35.5. The monoisotopic (exact) mass is 488 g/mol. The van der Waals surface area contributed by atoms with Gasteiger partial charge in [-0.05, 0) is 35.4 Å². The van der Waals surface area contributed by atoms with E-state index in [1.165, 1.54) is 4.90 Å². The van der Waals surface area contributed by atoms with E-state index < -0.39 is 6.04 Å². The SMILES string of the molecule is O=C(NCc1ccco1)C(c1ccccc1)N(Cc1ccccc1)C(=O)COc1ccccc1Cl. The van der Waals surface area contributed by atoms with E-state index in [0.717, 1.165) is 5.56 Å². The minimum atomic E-state index is -0.881. The Labute approximate surface area is 209 Å². The Kier molecular flexibility index (Phi) is 8.20. The number of carbonyl (C=O) groups is 2. The fraction of sp³-hybridized carbons (Fsp3) is 0.143. The minimum Gasteiger partial charge on any atom is -0.482 e. The average molecular weight is 489 g/mol. The van der Waals surface area contributed by atoms with Crippen LogP contribution in [0.1, 0.15) is 22.9 Å². The van der Waals surface area contributed by atoms with Gasteiger partial charge < -0.3 is 19.4 Å². The van der Waals surface area contributed by atoms with Crippen molar-refractivity contribution in [1.29, 1.82) is 0 Å². The maximum absolute atomic E-state index is 13.5. The van der Waals surface area contributed by atoms with E-state index in [-0.39, 0.29) is 31.5 Å². The molecule has 0 radical (unpaired) electrons. The Morgan fingerprint density at radius 1 is 0.886 bits per heavy atom. The highest BCUT2D eigenvalue weighted by Gasteiger charge is 2.32. The molecule has 0 spiro atoms. The van der Waals surface area contributed by atoms with Crippen LogP contribution >= 0.6 is 11.6 Å². The Morgan fingerprint density at radius 3 is 2.26 bits per heavy atom. The number of carbonyl (C=O) groups excluding carboxylic acids is 2. The molecule has 0 fully saturated rings. The third-order valence-corrected chi connectivity index (χ3v) is 5.71. The van der Waals surface area contributed by atoms with Gasteiger partial charge in [-0.1, -0.05) is 84.4 Å². The van der Waals surface area contributed by atoms with Gasteiger partial charge in [-0.25, -0.2) is 0 Å². The van der Waals surface area contributed by atoms with Crippen LogP contribution in [0.25, 0.3) is 0 Å². The van der Waals surface area contributed by atoms with Gasteiger partial charge in [0.25, 0.3) is 5.91 Å². The molecule has 1 heterocycles. The summed E-state index contributed by atoms with van der Waals surface area (Å²) in [6, 6.07) is 28.3. The second-order valence-corrected chi connectivity index (χ2v) is 8.24. The largest absolute Gasteiger partial charge is 0.482 e. The van der Waals surface area contributed by atoms with Crippen molar-refractivity contribution in [3.63, 3.8) is 0 Å². The number of para-hydroxylation sites is 1. The van der Waals surface area contributed by atoms with Gasteiger partial charge in [0.1, 0.15) is 17.6 Å². The van der Waals surface area contributed by atoms with E-state index in [1.54, 1.807) is 42.7 Å². The van der Waals surface area contributed by atoms with Crippen LogP contribution in [0.15, 0.2) is 108 Å². The van der Waals surface area contributed by atoms with Crippen molar-refractivity contribution in [3.8, 4) is 5.75 Å². The van der Waals surface area contributed by atoms with Crippen molar-refractivity contribution < 1.29 is 18.7 Å². The summed E-state index contributed by atoms with van der Waals surface area (Å²) < 4.78 is 11.1. The topological polar surface area (TPSA) is 71.8 Å². The molecule has 35 heavy (non-hydrogen) atoms. The second-order valence-electron chi connectivity index (χ2n) is 7.84. The Bertz CT molecular complexity index is 1230. The fourth-order valence-corrected chi connectivity index (χ4v) is 3.87. The maximum Gasteiger partial charge on any atom is 0.261 e. The lowest BCUT2D eigenvalue weighted by atomic mass is 10.0. The van der Waals surface area contributed by atoms with Crippen LogP contribution in [0.2, 0.25) is 5.02 Å². The van der Waals surface area contributed by atoms with Gasteiger partial charge in [0.2, 0.25) is 5.91 Å². The molecule has 1 atom stereocenters. The normalized spacial score (nSPS) is 11.5. The van der Waals surface area contributed by atoms with E-state index in [9.17, 15) is 9.59 Å². The summed E-state index contributed by atoms with van der Waals surface area (Å²) in [7, 11) is 0. The molecule has 0 bridgehead atoms. The zero-order valence-corrected chi connectivity index (χ0v) is 19.7. The molecule has 1 aromatic heterocycles. The molecule has 7 heteroatoms. The highest BCUT2D eigenvalue weighted by molar-refractivity contribution is 6.32. The number of ether oxygens (including phenoxy) is 1. The predicted molar refractivity (Wildman–Crippen MR) is 134 cm³/mol. The zero-order valence-electron chi connectivity index (χ0n) is 19.0. The number of nitrogens with zero attached hydrogens (tertiary/aromatic N) is 1. The lowest BCUT2D eigenvalue weighted by Gasteiger charge is -2.31. The van der Waals surface area contributed by atoms with Crippen molar-refractivity contribution in [2.45, 2.75) is 19.1 Å². The highest BCUT2D eigenvalue weighted by Crippen LogP contribution is 2.26. The van der Waals surface area contributed by atoms with Crippen molar-refractivity contribution in [3.05, 3.63) is 125 Å². The molecular formula is C28H25ClN2O4. The van der Waals surface area contributed by atoms with E-state index in [4.69, 9.17) is 20.8 Å². The van der Waals surface area contributed by atoms with E-state index in [0.29, 0.717) is 22.1 Å². The smallest absolute Gasteiger partial charge is 0.261 e. The Morgan fingerprint density at radius 2 is 1.57 bits per heavy atom. The van der Waals surface area contributed by atoms with Gasteiger partial charge in [0.15, 0.2) is 6.61 Å². The number of nitrogens with one attached hydrogen (secondary N) is 1. The lowest BCUT2D eigenvalue weighted by molar-refractivity contribution is -0.143. The predicted octanol–water partition coefficient (Wildman–Crippen LogP) is 5.40. The van der Waals surface area contributed by atoms with Crippen LogP contribution in [0.5, 0.6) is 5.75 Å². The molecule has 1 N–H and O–H groups in total. The molecule has 0 aliphatic heterocycles. The van der Waals surface area contributed by atoms with Crippen molar-refractivity contribution >= 4 is 23.4 Å². The first-order valence-electron chi connectivity index (χ1n) is 11.2. The first kappa shape index (κ1) is 24.1. The molecule has 2 amide bonds. The van der Waals surface area contributed by atoms with Crippen molar-refractivity contribution in [2.75, 3.05) is 6.61 Å². The number of benzene rings is 3. The summed E-state index contributed by atoms with van der Waals surface area (Å²) in [6.07, 6.45) is 1.55. The van der Waals surface area contributed by atoms with Gasteiger partial charge >= 0.3 is 0 Å². The lowest BCUT2D eigenvalue weighted by Crippen LogP contribution is -2.45. The fourth-order valence-electron chi connectivity index (χ4n) is 3.68. The molecule has 0 aliphatic carbocycles. The molecule has 0 saturated carbocycles. The minimum absolute atomic E-state index is 0.207. The number of hydrogen-bond acceptors (Lipinski definition) is 4. The number of amides is 2. The number of furan rings is 1. The molecule has 1 unspecified atom stereocenters. The summed E-state index contributed by atoms with van der Waals surface area (Å²) in [4.78, 5) is 28.6. The van der Waals surface area contributed by atoms with Crippen LogP contribution < -0.4 is 10.1 Å². The summed E-state index contributed by atoms with van der Waals surface area (Å²) in [6.45, 7) is 0.156. The van der Waals surface area contributed by atoms with E-state index >= 15 is 0 Å². The molecule has 0 saturated heterocycles. The molecule has 4 rings (SSSR count). The average Bonchev–Trinajstić information content (AvgIpc) is 3.41. The number of hydrogen-bond donors (Lipinski definition) is 1. The van der Waals surface area contributed by atoms with Gasteiger partial charge in [0.05, 0.1) is 17.8 Å². The summed E-state index contributed by atoms with van der Waals surface area (Å²) >= 11 is 6.19. The summed E-state index contributed by atoms with van der Waals surface area (Å²) in [5.41, 5.74) is 1.57. The molecule has 178 valence electrons. The third kappa shape index (κ3) is 6.52. The molecule has 0 aliphatic rings. The molecule has 6 nitrogen and oxygen atoms in total. The van der Waals surface area contributed by atoms with E-state index in [2.05, 4.69) is 5.32 Å². The molecule has 3 aromatic carbocycles. The Balaban J connectivity index is 1.62. The van der Waals surface area contributed by atoms with Gasteiger partial charge in [0, 0.05) is 6.54 Å². The molecular weight excluding hydrogens is 464 g/mol. The number of halogens is 1. The van der Waals surface area contributed by atoms with Crippen molar-refractivity contribution in [2.24, 2.45) is 0 Å². The van der Waals surface area contributed by atoms with Crippen LogP contribution in [0, 0.1) is 0 Å². The van der Waals surface area contributed by atoms with E-state index in [1.807, 2.05) is 60.7 Å². The van der Waals surface area contributed by atoms with Crippen LogP contribution in [-0.4, -0.2) is 23.3 Å². The van der Waals surface area contributed by atoms with Crippen molar-refractivity contribution in [1.82, 2.24) is 10.2 Å². The van der Waals surface area contributed by atoms with Gasteiger partial charge in [-0.3, -0.25) is 9.59 Å². The first-order chi connectivity index (χ1) is 17.1. The summed E-state index contributed by atoms with van der Waals surface area (Å²) in [5, 5.41) is 3.31. The maximum atomic E-state index is 13.5. The first-order valence-corrected chi connectivity index (χ1v) is 11.6. The quantitative estimate of drug-likeness (QED) is 0.324. The molecule has 4 aromatic rings. The van der Waals surface area contributed by atoms with Crippen LogP contribution in [0.4, 0.5) is 0 Å². The standard InChI is InChI=1S/C28H25ClN2O4/c29-24-15-7-8-16-25(24)35-20-26(32)31(19-21-10-3-1-4-11-21)27(22-12-5-2-6-13-22)28(33)30-18-23-14-9-17-34-23/h1-17,27H,18-20H2,(H,30,33). The zero-order chi connectivity index (χ0) is 24.5. The summed E-state index contributed by atoms with van der Waals surface area (Å²) in [5.74, 6) is 0.347. The van der Waals surface area contributed by atoms with Gasteiger partial charge in [-0.15, -0.1) is 0 Å². The number of rotatable bonds is 10. The van der Waals surface area contributed by atoms with Crippen LogP contribution in [0.3, 0.4) is 0 Å². The van der Waals surface area contributed by atoms with Gasteiger partial charge in [-0.2, -0.15) is 0 Å². The second kappa shape index (κ2) is 11.9. The third-order valence-electron chi connectivity index (χ3n) is 5.40.